The Morgan fingerprint density at radius 1 is 1.26 bits per heavy atom. The summed E-state index contributed by atoms with van der Waals surface area (Å²) in [6.07, 6.45) is 5.47. The molecule has 2 heterocycles. The highest BCUT2D eigenvalue weighted by molar-refractivity contribution is 7.09. The van der Waals surface area contributed by atoms with Crippen LogP contribution in [0.3, 0.4) is 0 Å². The van der Waals surface area contributed by atoms with Gasteiger partial charge in [-0.25, -0.2) is 9.97 Å². The first kappa shape index (κ1) is 14.1. The third-order valence-corrected chi connectivity index (χ3v) is 3.96. The number of aromatic nitrogens is 3. The molecule has 5 heteroatoms. The summed E-state index contributed by atoms with van der Waals surface area (Å²) < 4.78 is 2.21. The van der Waals surface area contributed by atoms with Gasteiger partial charge >= 0.3 is 0 Å². The highest BCUT2D eigenvalue weighted by Crippen LogP contribution is 2.12. The second-order valence-corrected chi connectivity index (χ2v) is 5.75. The summed E-state index contributed by atoms with van der Waals surface area (Å²) in [5.74, 6) is 0.985. The van der Waals surface area contributed by atoms with Gasteiger partial charge in [-0.15, -0.1) is 11.3 Å². The number of hydrogen-bond donors (Lipinski definition) is 1. The zero-order chi connectivity index (χ0) is 13.7. The van der Waals surface area contributed by atoms with E-state index in [4.69, 9.17) is 0 Å². The average Bonchev–Trinajstić information content (AvgIpc) is 2.93. The van der Waals surface area contributed by atoms with Crippen LogP contribution in [0, 0.1) is 13.8 Å². The van der Waals surface area contributed by atoms with Crippen LogP contribution in [-0.2, 0) is 13.0 Å². The van der Waals surface area contributed by atoms with E-state index < -0.39 is 0 Å². The highest BCUT2D eigenvalue weighted by atomic mass is 32.1. The Morgan fingerprint density at radius 3 is 2.79 bits per heavy atom. The van der Waals surface area contributed by atoms with Crippen LogP contribution in [0.5, 0.6) is 0 Å². The number of hydrogen-bond acceptors (Lipinski definition) is 4. The number of nitrogens with zero attached hydrogens (tertiary/aromatic N) is 3. The minimum absolute atomic E-state index is 0.884. The molecule has 0 atom stereocenters. The van der Waals surface area contributed by atoms with Crippen molar-refractivity contribution in [3.8, 4) is 0 Å². The Labute approximate surface area is 118 Å². The molecule has 2 aromatic heterocycles. The van der Waals surface area contributed by atoms with Crippen LogP contribution < -0.4 is 5.32 Å². The maximum absolute atomic E-state index is 4.53. The first-order valence-electron chi connectivity index (χ1n) is 6.87. The first-order valence-corrected chi connectivity index (χ1v) is 7.75. The normalized spacial score (nSPS) is 10.9. The van der Waals surface area contributed by atoms with Crippen LogP contribution in [0.2, 0.25) is 0 Å². The lowest BCUT2D eigenvalue weighted by Gasteiger charge is -2.08. The van der Waals surface area contributed by atoms with Crippen molar-refractivity contribution in [1.82, 2.24) is 14.5 Å². The molecular formula is C14H22N4S. The summed E-state index contributed by atoms with van der Waals surface area (Å²) in [6, 6.07) is 0. The van der Waals surface area contributed by atoms with Crippen LogP contribution in [0.25, 0.3) is 0 Å². The van der Waals surface area contributed by atoms with Crippen molar-refractivity contribution >= 4 is 17.3 Å². The van der Waals surface area contributed by atoms with Gasteiger partial charge in [0.25, 0.3) is 0 Å². The fraction of sp³-hybridized carbons (Fsp3) is 0.571. The Balaban J connectivity index is 1.88. The van der Waals surface area contributed by atoms with E-state index in [0.29, 0.717) is 0 Å². The second-order valence-electron chi connectivity index (χ2n) is 4.81. The van der Waals surface area contributed by atoms with Gasteiger partial charge in [0.05, 0.1) is 10.7 Å². The minimum Gasteiger partial charge on any atom is -0.355 e. The summed E-state index contributed by atoms with van der Waals surface area (Å²) in [7, 11) is 0. The SMILES string of the molecule is CCCCn1cc(C)nc1NCCc1nc(C)cs1. The van der Waals surface area contributed by atoms with Gasteiger partial charge < -0.3 is 9.88 Å². The highest BCUT2D eigenvalue weighted by Gasteiger charge is 2.05. The fourth-order valence-corrected chi connectivity index (χ4v) is 2.76. The topological polar surface area (TPSA) is 42.7 Å². The molecular weight excluding hydrogens is 256 g/mol. The van der Waals surface area contributed by atoms with Gasteiger partial charge in [-0.3, -0.25) is 0 Å². The summed E-state index contributed by atoms with van der Waals surface area (Å²) in [5.41, 5.74) is 2.18. The summed E-state index contributed by atoms with van der Waals surface area (Å²) in [4.78, 5) is 9.01. The van der Waals surface area contributed by atoms with Crippen LogP contribution in [-0.4, -0.2) is 21.1 Å². The van der Waals surface area contributed by atoms with Gasteiger partial charge in [-0.05, 0) is 20.3 Å². The predicted octanol–water partition coefficient (Wildman–Crippen LogP) is 3.41. The Bertz CT molecular complexity index is 515. The second kappa shape index (κ2) is 6.70. The lowest BCUT2D eigenvalue weighted by Crippen LogP contribution is -2.10. The largest absolute Gasteiger partial charge is 0.355 e. The molecule has 4 nitrogen and oxygen atoms in total. The number of imidazole rings is 1. The Kier molecular flexibility index (Phi) is 4.96. The third kappa shape index (κ3) is 4.06. The zero-order valence-corrected chi connectivity index (χ0v) is 12.8. The van der Waals surface area contributed by atoms with Gasteiger partial charge in [0.1, 0.15) is 0 Å². The van der Waals surface area contributed by atoms with E-state index in [0.717, 1.165) is 36.8 Å². The molecule has 0 aliphatic rings. The predicted molar refractivity (Wildman–Crippen MR) is 80.9 cm³/mol. The van der Waals surface area contributed by atoms with Gasteiger partial charge in [0.2, 0.25) is 5.95 Å². The monoisotopic (exact) mass is 278 g/mol. The quantitative estimate of drug-likeness (QED) is 0.844. The van der Waals surface area contributed by atoms with E-state index >= 15 is 0 Å². The van der Waals surface area contributed by atoms with E-state index in [1.165, 1.54) is 17.8 Å². The van der Waals surface area contributed by atoms with Crippen LogP contribution in [0.15, 0.2) is 11.6 Å². The van der Waals surface area contributed by atoms with Crippen LogP contribution in [0.1, 0.15) is 36.2 Å². The van der Waals surface area contributed by atoms with Crippen molar-refractivity contribution in [2.45, 2.75) is 46.6 Å². The van der Waals surface area contributed by atoms with Crippen molar-refractivity contribution in [3.05, 3.63) is 28.0 Å². The molecule has 0 aliphatic carbocycles. The van der Waals surface area contributed by atoms with E-state index in [9.17, 15) is 0 Å². The third-order valence-electron chi connectivity index (χ3n) is 2.94. The lowest BCUT2D eigenvalue weighted by atomic mass is 10.3. The van der Waals surface area contributed by atoms with Crippen molar-refractivity contribution < 1.29 is 0 Å². The molecule has 19 heavy (non-hydrogen) atoms. The van der Waals surface area contributed by atoms with E-state index in [1.54, 1.807) is 11.3 Å². The average molecular weight is 278 g/mol. The molecule has 0 saturated heterocycles. The molecule has 104 valence electrons. The van der Waals surface area contributed by atoms with Crippen molar-refractivity contribution in [2.75, 3.05) is 11.9 Å². The van der Waals surface area contributed by atoms with Crippen LogP contribution >= 0.6 is 11.3 Å². The molecule has 0 unspecified atom stereocenters. The van der Waals surface area contributed by atoms with Gasteiger partial charge in [0, 0.05) is 36.8 Å². The molecule has 2 rings (SSSR count). The summed E-state index contributed by atoms with van der Waals surface area (Å²) >= 11 is 1.73. The summed E-state index contributed by atoms with van der Waals surface area (Å²) in [5, 5.41) is 6.71. The molecule has 2 aromatic rings. The Morgan fingerprint density at radius 2 is 2.11 bits per heavy atom. The van der Waals surface area contributed by atoms with E-state index in [-0.39, 0.29) is 0 Å². The lowest BCUT2D eigenvalue weighted by molar-refractivity contribution is 0.634. The standard InChI is InChI=1S/C14H22N4S/c1-4-5-8-18-9-11(2)17-14(18)15-7-6-13-16-12(3)10-19-13/h9-10H,4-8H2,1-3H3,(H,15,17). The molecule has 0 saturated carbocycles. The first-order chi connectivity index (χ1) is 9.19. The van der Waals surface area contributed by atoms with Gasteiger partial charge in [0.15, 0.2) is 0 Å². The molecule has 0 aromatic carbocycles. The molecule has 0 bridgehead atoms. The van der Waals surface area contributed by atoms with Crippen molar-refractivity contribution in [2.24, 2.45) is 0 Å². The number of anilines is 1. The van der Waals surface area contributed by atoms with Crippen molar-refractivity contribution in [3.63, 3.8) is 0 Å². The van der Waals surface area contributed by atoms with E-state index in [2.05, 4.69) is 38.4 Å². The van der Waals surface area contributed by atoms with E-state index in [1.807, 2.05) is 13.8 Å². The maximum Gasteiger partial charge on any atom is 0.203 e. The molecule has 1 N–H and O–H groups in total. The zero-order valence-electron chi connectivity index (χ0n) is 11.9. The maximum atomic E-state index is 4.53. The van der Waals surface area contributed by atoms with Crippen molar-refractivity contribution in [1.29, 1.82) is 0 Å². The number of unbranched alkanes of at least 4 members (excludes halogenated alkanes) is 1. The number of thiazole rings is 1. The van der Waals surface area contributed by atoms with Crippen LogP contribution in [0.4, 0.5) is 5.95 Å². The molecule has 0 aliphatic heterocycles. The minimum atomic E-state index is 0.884. The number of aryl methyl sites for hydroxylation is 3. The number of nitrogens with one attached hydrogen (secondary N) is 1. The smallest absolute Gasteiger partial charge is 0.203 e. The Hall–Kier alpha value is -1.36. The molecule has 0 radical (unpaired) electrons. The summed E-state index contributed by atoms with van der Waals surface area (Å²) in [6.45, 7) is 8.21. The molecule has 0 spiro atoms. The fourth-order valence-electron chi connectivity index (χ4n) is 1.99. The van der Waals surface area contributed by atoms with Gasteiger partial charge in [-0.1, -0.05) is 13.3 Å². The van der Waals surface area contributed by atoms with Gasteiger partial charge in [-0.2, -0.15) is 0 Å². The molecule has 0 amide bonds. The number of rotatable bonds is 7. The molecule has 0 fully saturated rings.